The summed E-state index contributed by atoms with van der Waals surface area (Å²) in [6, 6.07) is 13.8. The SMILES string of the molecule is Cc1cccc(C2(C(=O)N[C@@H](C)c3nnc4ccccn34)CC2)c1. The molecule has 0 aliphatic heterocycles. The molecule has 3 aromatic rings. The highest BCUT2D eigenvalue weighted by Gasteiger charge is 2.51. The number of hydrogen-bond donors (Lipinski definition) is 1. The molecule has 0 spiro atoms. The zero-order valence-corrected chi connectivity index (χ0v) is 13.9. The van der Waals surface area contributed by atoms with E-state index >= 15 is 0 Å². The standard InChI is InChI=1S/C19H20N4O/c1-13-6-5-7-15(12-13)19(9-10-19)18(24)20-14(2)17-22-21-16-8-3-4-11-23(16)17/h3-8,11-12,14H,9-10H2,1-2H3,(H,20,24)/t14-/m0/s1. The van der Waals surface area contributed by atoms with Gasteiger partial charge in [-0.25, -0.2) is 0 Å². The quantitative estimate of drug-likeness (QED) is 0.804. The minimum Gasteiger partial charge on any atom is -0.346 e. The molecule has 0 radical (unpaired) electrons. The molecule has 24 heavy (non-hydrogen) atoms. The molecule has 1 aliphatic carbocycles. The molecule has 2 aromatic heterocycles. The van der Waals surface area contributed by atoms with Gasteiger partial charge in [-0.2, -0.15) is 0 Å². The first-order valence-corrected chi connectivity index (χ1v) is 8.28. The van der Waals surface area contributed by atoms with E-state index in [-0.39, 0.29) is 17.4 Å². The molecular formula is C19H20N4O. The maximum atomic E-state index is 12.9. The van der Waals surface area contributed by atoms with Gasteiger partial charge in [0, 0.05) is 6.20 Å². The van der Waals surface area contributed by atoms with Crippen LogP contribution in [-0.4, -0.2) is 20.5 Å². The highest BCUT2D eigenvalue weighted by molar-refractivity contribution is 5.91. The molecule has 2 heterocycles. The normalized spacial score (nSPS) is 16.8. The van der Waals surface area contributed by atoms with Crippen LogP contribution in [0.1, 0.15) is 42.8 Å². The predicted octanol–water partition coefficient (Wildman–Crippen LogP) is 2.95. The van der Waals surface area contributed by atoms with Crippen molar-refractivity contribution in [3.8, 4) is 0 Å². The van der Waals surface area contributed by atoms with Gasteiger partial charge in [0.2, 0.25) is 5.91 Å². The van der Waals surface area contributed by atoms with E-state index in [1.54, 1.807) is 0 Å². The number of carbonyl (C=O) groups excluding carboxylic acids is 1. The van der Waals surface area contributed by atoms with Crippen LogP contribution in [0.3, 0.4) is 0 Å². The molecule has 0 bridgehead atoms. The van der Waals surface area contributed by atoms with Gasteiger partial charge in [0.1, 0.15) is 0 Å². The molecule has 1 amide bonds. The third kappa shape index (κ3) is 2.37. The lowest BCUT2D eigenvalue weighted by atomic mass is 9.93. The van der Waals surface area contributed by atoms with Gasteiger partial charge in [-0.15, -0.1) is 10.2 Å². The first-order valence-electron chi connectivity index (χ1n) is 8.28. The van der Waals surface area contributed by atoms with E-state index < -0.39 is 0 Å². The summed E-state index contributed by atoms with van der Waals surface area (Å²) in [7, 11) is 0. The lowest BCUT2D eigenvalue weighted by molar-refractivity contribution is -0.124. The number of fused-ring (bicyclic) bond motifs is 1. The number of nitrogens with zero attached hydrogens (tertiary/aromatic N) is 3. The summed E-state index contributed by atoms with van der Waals surface area (Å²) in [5, 5.41) is 11.5. The Labute approximate surface area is 140 Å². The van der Waals surface area contributed by atoms with Crippen LogP contribution in [0.25, 0.3) is 5.65 Å². The third-order valence-electron chi connectivity index (χ3n) is 4.83. The van der Waals surface area contributed by atoms with Crippen LogP contribution in [0.15, 0.2) is 48.7 Å². The van der Waals surface area contributed by atoms with Gasteiger partial charge in [-0.05, 0) is 44.4 Å². The van der Waals surface area contributed by atoms with Crippen LogP contribution >= 0.6 is 0 Å². The monoisotopic (exact) mass is 320 g/mol. The van der Waals surface area contributed by atoms with Crippen LogP contribution in [0.5, 0.6) is 0 Å². The van der Waals surface area contributed by atoms with Crippen LogP contribution in [0.4, 0.5) is 0 Å². The fourth-order valence-corrected chi connectivity index (χ4v) is 3.27. The van der Waals surface area contributed by atoms with Gasteiger partial charge in [0.25, 0.3) is 0 Å². The first kappa shape index (κ1) is 14.9. The summed E-state index contributed by atoms with van der Waals surface area (Å²) in [5.74, 6) is 0.826. The topological polar surface area (TPSA) is 59.3 Å². The summed E-state index contributed by atoms with van der Waals surface area (Å²) >= 11 is 0. The Hall–Kier alpha value is -2.69. The molecule has 1 saturated carbocycles. The van der Waals surface area contributed by atoms with Crippen molar-refractivity contribution in [3.05, 3.63) is 65.6 Å². The van der Waals surface area contributed by atoms with E-state index in [2.05, 4.69) is 40.6 Å². The number of pyridine rings is 1. The maximum Gasteiger partial charge on any atom is 0.231 e. The molecule has 1 aromatic carbocycles. The smallest absolute Gasteiger partial charge is 0.231 e. The first-order chi connectivity index (χ1) is 11.6. The highest BCUT2D eigenvalue weighted by Crippen LogP contribution is 2.48. The van der Waals surface area contributed by atoms with Gasteiger partial charge in [0.15, 0.2) is 11.5 Å². The Bertz CT molecular complexity index is 910. The zero-order valence-electron chi connectivity index (χ0n) is 13.9. The predicted molar refractivity (Wildman–Crippen MR) is 91.6 cm³/mol. The van der Waals surface area contributed by atoms with Crippen LogP contribution in [0.2, 0.25) is 0 Å². The van der Waals surface area contributed by atoms with Gasteiger partial charge in [-0.3, -0.25) is 9.20 Å². The molecule has 5 nitrogen and oxygen atoms in total. The van der Waals surface area contributed by atoms with E-state index in [9.17, 15) is 4.79 Å². The van der Waals surface area contributed by atoms with Gasteiger partial charge < -0.3 is 5.32 Å². The fourth-order valence-electron chi connectivity index (χ4n) is 3.27. The number of hydrogen-bond acceptors (Lipinski definition) is 3. The maximum absolute atomic E-state index is 12.9. The summed E-state index contributed by atoms with van der Waals surface area (Å²) in [6.45, 7) is 4.01. The van der Waals surface area contributed by atoms with E-state index in [4.69, 9.17) is 0 Å². The van der Waals surface area contributed by atoms with Crippen molar-refractivity contribution in [1.82, 2.24) is 19.9 Å². The van der Waals surface area contributed by atoms with E-state index in [1.165, 1.54) is 5.56 Å². The number of nitrogens with one attached hydrogen (secondary N) is 1. The highest BCUT2D eigenvalue weighted by atomic mass is 16.2. The zero-order chi connectivity index (χ0) is 16.7. The van der Waals surface area contributed by atoms with Crippen molar-refractivity contribution in [2.75, 3.05) is 0 Å². The molecule has 5 heteroatoms. The lowest BCUT2D eigenvalue weighted by Crippen LogP contribution is -2.37. The number of carbonyl (C=O) groups is 1. The van der Waals surface area contributed by atoms with Crippen molar-refractivity contribution >= 4 is 11.6 Å². The molecule has 122 valence electrons. The second-order valence-corrected chi connectivity index (χ2v) is 6.63. The van der Waals surface area contributed by atoms with Gasteiger partial charge in [0.05, 0.1) is 11.5 Å². The number of aromatic nitrogens is 3. The summed E-state index contributed by atoms with van der Waals surface area (Å²) in [6.07, 6.45) is 3.71. The Morgan fingerprint density at radius 3 is 2.79 bits per heavy atom. The van der Waals surface area contributed by atoms with Crippen molar-refractivity contribution in [2.45, 2.75) is 38.1 Å². The molecular weight excluding hydrogens is 300 g/mol. The third-order valence-corrected chi connectivity index (χ3v) is 4.83. The van der Waals surface area contributed by atoms with E-state index in [0.29, 0.717) is 0 Å². The van der Waals surface area contributed by atoms with Crippen molar-refractivity contribution in [2.24, 2.45) is 0 Å². The Balaban J connectivity index is 1.58. The van der Waals surface area contributed by atoms with Crippen LogP contribution in [-0.2, 0) is 10.2 Å². The average molecular weight is 320 g/mol. The average Bonchev–Trinajstić information content (AvgIpc) is 3.28. The molecule has 0 saturated heterocycles. The van der Waals surface area contributed by atoms with E-state index in [0.717, 1.165) is 29.9 Å². The fraction of sp³-hybridized carbons (Fsp3) is 0.316. The summed E-state index contributed by atoms with van der Waals surface area (Å²) in [5.41, 5.74) is 2.70. The van der Waals surface area contributed by atoms with Crippen LogP contribution < -0.4 is 5.32 Å². The number of rotatable bonds is 4. The van der Waals surface area contributed by atoms with E-state index in [1.807, 2.05) is 41.8 Å². The molecule has 1 atom stereocenters. The molecule has 1 fully saturated rings. The Kier molecular flexibility index (Phi) is 3.37. The van der Waals surface area contributed by atoms with Gasteiger partial charge in [-0.1, -0.05) is 35.9 Å². The molecule has 0 unspecified atom stereocenters. The largest absolute Gasteiger partial charge is 0.346 e. The molecule has 4 rings (SSSR count). The molecule has 1 N–H and O–H groups in total. The van der Waals surface area contributed by atoms with Crippen molar-refractivity contribution in [1.29, 1.82) is 0 Å². The lowest BCUT2D eigenvalue weighted by Gasteiger charge is -2.19. The number of benzene rings is 1. The minimum absolute atomic E-state index is 0.0771. The summed E-state index contributed by atoms with van der Waals surface area (Å²) < 4.78 is 1.91. The number of aryl methyl sites for hydroxylation is 1. The van der Waals surface area contributed by atoms with Crippen molar-refractivity contribution < 1.29 is 4.79 Å². The second kappa shape index (κ2) is 5.44. The van der Waals surface area contributed by atoms with Gasteiger partial charge >= 0.3 is 0 Å². The van der Waals surface area contributed by atoms with Crippen molar-refractivity contribution in [3.63, 3.8) is 0 Å². The summed E-state index contributed by atoms with van der Waals surface area (Å²) in [4.78, 5) is 12.9. The Morgan fingerprint density at radius 1 is 1.21 bits per heavy atom. The van der Waals surface area contributed by atoms with Crippen LogP contribution in [0, 0.1) is 6.92 Å². The second-order valence-electron chi connectivity index (χ2n) is 6.63. The molecule has 1 aliphatic rings. The number of amides is 1. The minimum atomic E-state index is -0.374. The Morgan fingerprint density at radius 2 is 2.04 bits per heavy atom.